The molecule has 82 valence electrons. The van der Waals surface area contributed by atoms with Crippen LogP contribution in [0.4, 0.5) is 0 Å². The molecule has 0 radical (unpaired) electrons. The lowest BCUT2D eigenvalue weighted by Gasteiger charge is -2.07. The van der Waals surface area contributed by atoms with Gasteiger partial charge in [0.15, 0.2) is 0 Å². The minimum atomic E-state index is 0.770. The first kappa shape index (κ1) is 13.1. The van der Waals surface area contributed by atoms with Crippen molar-refractivity contribution in [2.75, 3.05) is 11.5 Å². The topological polar surface area (TPSA) is 0 Å². The molecule has 0 fully saturated rings. The van der Waals surface area contributed by atoms with Crippen LogP contribution in [0, 0.1) is 24.7 Å². The summed E-state index contributed by atoms with van der Waals surface area (Å²) in [5, 5.41) is 0. The summed E-state index contributed by atoms with van der Waals surface area (Å²) in [5.74, 6) is 8.79. The zero-order chi connectivity index (χ0) is 11.6. The van der Waals surface area contributed by atoms with Crippen LogP contribution in [-0.4, -0.2) is 11.5 Å². The Bertz CT molecular complexity index is 357. The van der Waals surface area contributed by atoms with Gasteiger partial charge in [-0.05, 0) is 11.1 Å². The summed E-state index contributed by atoms with van der Waals surface area (Å²) in [6.07, 6.45) is 10.5. The molecular weight excluding hydrogens is 232 g/mol. The van der Waals surface area contributed by atoms with Crippen LogP contribution in [0.1, 0.15) is 11.1 Å². The van der Waals surface area contributed by atoms with Crippen LogP contribution >= 0.6 is 23.5 Å². The summed E-state index contributed by atoms with van der Waals surface area (Å²) in [6, 6.07) is 8.47. The summed E-state index contributed by atoms with van der Waals surface area (Å²) >= 11 is 3.55. The Kier molecular flexibility index (Phi) is 6.74. The van der Waals surface area contributed by atoms with E-state index >= 15 is 0 Å². The highest BCUT2D eigenvalue weighted by Crippen LogP contribution is 2.20. The number of hydrogen-bond donors (Lipinski definition) is 0. The predicted octanol–water partition coefficient (Wildman–Crippen LogP) is 3.42. The number of terminal acetylenes is 2. The van der Waals surface area contributed by atoms with Gasteiger partial charge in [0, 0.05) is 11.5 Å². The Morgan fingerprint density at radius 1 is 0.875 bits per heavy atom. The third-order valence-corrected chi connectivity index (χ3v) is 3.78. The van der Waals surface area contributed by atoms with Crippen molar-refractivity contribution in [2.24, 2.45) is 0 Å². The van der Waals surface area contributed by atoms with E-state index in [1.165, 1.54) is 11.1 Å². The first-order chi connectivity index (χ1) is 7.88. The number of thioether (sulfide) groups is 2. The molecule has 16 heavy (non-hydrogen) atoms. The molecule has 0 unspecified atom stereocenters. The average molecular weight is 246 g/mol. The van der Waals surface area contributed by atoms with Gasteiger partial charge < -0.3 is 0 Å². The molecule has 2 heteroatoms. The third-order valence-electron chi connectivity index (χ3n) is 2.00. The van der Waals surface area contributed by atoms with Crippen LogP contribution in [0.3, 0.4) is 0 Å². The van der Waals surface area contributed by atoms with Gasteiger partial charge in [0.1, 0.15) is 0 Å². The van der Waals surface area contributed by atoms with Crippen molar-refractivity contribution in [3.63, 3.8) is 0 Å². The van der Waals surface area contributed by atoms with Crippen molar-refractivity contribution in [3.8, 4) is 24.7 Å². The predicted molar refractivity (Wildman–Crippen MR) is 76.4 cm³/mol. The molecule has 0 nitrogen and oxygen atoms in total. The van der Waals surface area contributed by atoms with E-state index in [1.807, 2.05) is 0 Å². The number of hydrogen-bond acceptors (Lipinski definition) is 2. The molecule has 0 saturated heterocycles. The molecule has 0 saturated carbocycles. The second-order valence-electron chi connectivity index (χ2n) is 3.16. The minimum absolute atomic E-state index is 0.770. The van der Waals surface area contributed by atoms with Crippen LogP contribution in [0.2, 0.25) is 0 Å². The SMILES string of the molecule is C#CCSCc1ccccc1CSCC#C. The van der Waals surface area contributed by atoms with E-state index in [4.69, 9.17) is 12.8 Å². The number of benzene rings is 1. The monoisotopic (exact) mass is 246 g/mol. The fraction of sp³-hybridized carbons (Fsp3) is 0.286. The molecule has 0 amide bonds. The van der Waals surface area contributed by atoms with Gasteiger partial charge in [-0.3, -0.25) is 0 Å². The molecular formula is C14H14S2. The fourth-order valence-electron chi connectivity index (χ4n) is 1.28. The standard InChI is InChI=1S/C14H14S2/c1-3-9-15-11-13-7-5-6-8-14(13)12-16-10-4-2/h1-2,5-8H,9-12H2. The van der Waals surface area contributed by atoms with Crippen molar-refractivity contribution >= 4 is 23.5 Å². The van der Waals surface area contributed by atoms with Crippen LogP contribution in [0.5, 0.6) is 0 Å². The summed E-state index contributed by atoms with van der Waals surface area (Å²) in [6.45, 7) is 0. The maximum atomic E-state index is 5.23. The highest BCUT2D eigenvalue weighted by atomic mass is 32.2. The van der Waals surface area contributed by atoms with Gasteiger partial charge in [-0.25, -0.2) is 0 Å². The van der Waals surface area contributed by atoms with Crippen molar-refractivity contribution < 1.29 is 0 Å². The smallest absolute Gasteiger partial charge is 0.0548 e. The second-order valence-corrected chi connectivity index (χ2v) is 5.13. The first-order valence-electron chi connectivity index (χ1n) is 4.97. The van der Waals surface area contributed by atoms with Gasteiger partial charge >= 0.3 is 0 Å². The quantitative estimate of drug-likeness (QED) is 0.557. The van der Waals surface area contributed by atoms with Crippen LogP contribution in [0.15, 0.2) is 24.3 Å². The van der Waals surface area contributed by atoms with Crippen molar-refractivity contribution in [1.82, 2.24) is 0 Å². The lowest BCUT2D eigenvalue weighted by Crippen LogP contribution is -1.91. The van der Waals surface area contributed by atoms with Crippen LogP contribution < -0.4 is 0 Å². The summed E-state index contributed by atoms with van der Waals surface area (Å²) in [5.41, 5.74) is 2.74. The largest absolute Gasteiger partial charge is 0.144 e. The maximum absolute atomic E-state index is 5.23. The van der Waals surface area contributed by atoms with Gasteiger partial charge in [0.25, 0.3) is 0 Å². The van der Waals surface area contributed by atoms with E-state index < -0.39 is 0 Å². The van der Waals surface area contributed by atoms with E-state index in [-0.39, 0.29) is 0 Å². The van der Waals surface area contributed by atoms with Gasteiger partial charge in [-0.2, -0.15) is 0 Å². The fourth-order valence-corrected chi connectivity index (χ4v) is 2.72. The lowest BCUT2D eigenvalue weighted by molar-refractivity contribution is 1.28. The highest BCUT2D eigenvalue weighted by molar-refractivity contribution is 7.99. The molecule has 0 atom stereocenters. The van der Waals surface area contributed by atoms with Crippen LogP contribution in [-0.2, 0) is 11.5 Å². The molecule has 0 aliphatic heterocycles. The van der Waals surface area contributed by atoms with E-state index in [0.29, 0.717) is 0 Å². The molecule has 0 heterocycles. The van der Waals surface area contributed by atoms with Gasteiger partial charge in [0.2, 0.25) is 0 Å². The lowest BCUT2D eigenvalue weighted by atomic mass is 10.1. The van der Waals surface area contributed by atoms with Crippen molar-refractivity contribution in [1.29, 1.82) is 0 Å². The Morgan fingerprint density at radius 2 is 1.31 bits per heavy atom. The van der Waals surface area contributed by atoms with E-state index in [0.717, 1.165) is 23.0 Å². The molecule has 0 bridgehead atoms. The summed E-state index contributed by atoms with van der Waals surface area (Å²) in [7, 11) is 0. The normalized spacial score (nSPS) is 9.38. The summed E-state index contributed by atoms with van der Waals surface area (Å²) < 4.78 is 0. The Morgan fingerprint density at radius 3 is 1.69 bits per heavy atom. The molecule has 0 aliphatic carbocycles. The number of rotatable bonds is 6. The molecule has 1 rings (SSSR count). The van der Waals surface area contributed by atoms with E-state index in [2.05, 4.69) is 36.1 Å². The maximum Gasteiger partial charge on any atom is 0.0548 e. The van der Waals surface area contributed by atoms with Gasteiger partial charge in [0.05, 0.1) is 11.5 Å². The van der Waals surface area contributed by atoms with Gasteiger partial charge in [-0.1, -0.05) is 36.1 Å². The third kappa shape index (κ3) is 4.71. The summed E-state index contributed by atoms with van der Waals surface area (Å²) in [4.78, 5) is 0. The van der Waals surface area contributed by atoms with E-state index in [9.17, 15) is 0 Å². The van der Waals surface area contributed by atoms with Gasteiger partial charge in [-0.15, -0.1) is 36.4 Å². The molecule has 0 aliphatic rings. The van der Waals surface area contributed by atoms with Crippen molar-refractivity contribution in [2.45, 2.75) is 11.5 Å². The zero-order valence-corrected chi connectivity index (χ0v) is 10.7. The average Bonchev–Trinajstić information content (AvgIpc) is 2.32. The molecule has 1 aromatic carbocycles. The zero-order valence-electron chi connectivity index (χ0n) is 9.11. The Hall–Kier alpha value is -0.960. The Labute approximate surface area is 107 Å². The minimum Gasteiger partial charge on any atom is -0.144 e. The second kappa shape index (κ2) is 8.22. The van der Waals surface area contributed by atoms with Crippen molar-refractivity contribution in [3.05, 3.63) is 35.4 Å². The molecule has 0 aromatic heterocycles. The van der Waals surface area contributed by atoms with E-state index in [1.54, 1.807) is 23.5 Å². The first-order valence-corrected chi connectivity index (χ1v) is 7.28. The highest BCUT2D eigenvalue weighted by Gasteiger charge is 2.01. The molecule has 0 N–H and O–H groups in total. The Balaban J connectivity index is 2.54. The molecule has 1 aromatic rings. The molecule has 0 spiro atoms. The van der Waals surface area contributed by atoms with Crippen LogP contribution in [0.25, 0.3) is 0 Å².